The fourth-order valence-electron chi connectivity index (χ4n) is 5.02. The van der Waals surface area contributed by atoms with E-state index in [0.717, 1.165) is 31.2 Å². The van der Waals surface area contributed by atoms with E-state index < -0.39 is 23.7 Å². The van der Waals surface area contributed by atoms with E-state index in [2.05, 4.69) is 9.97 Å². The van der Waals surface area contributed by atoms with E-state index in [-0.39, 0.29) is 61.8 Å². The van der Waals surface area contributed by atoms with Gasteiger partial charge in [-0.25, -0.2) is 8.78 Å². The van der Waals surface area contributed by atoms with Crippen molar-refractivity contribution in [1.29, 1.82) is 0 Å². The number of carboxylic acids is 1. The van der Waals surface area contributed by atoms with Crippen LogP contribution in [0.15, 0.2) is 24.3 Å². The van der Waals surface area contributed by atoms with Crippen LogP contribution in [0, 0.1) is 11.8 Å². The number of ether oxygens (including phenoxy) is 2. The Hall–Kier alpha value is -3.50. The Morgan fingerprint density at radius 2 is 1.89 bits per heavy atom. The van der Waals surface area contributed by atoms with Gasteiger partial charge in [0, 0.05) is 18.5 Å². The predicted molar refractivity (Wildman–Crippen MR) is 126 cm³/mol. The van der Waals surface area contributed by atoms with Crippen LogP contribution in [0.25, 0.3) is 0 Å². The van der Waals surface area contributed by atoms with Crippen LogP contribution in [0.3, 0.4) is 0 Å². The number of aliphatic carboxylic acids is 1. The molecule has 192 valence electrons. The van der Waals surface area contributed by atoms with Crippen LogP contribution in [0.2, 0.25) is 0 Å². The quantitative estimate of drug-likeness (QED) is 0.584. The molecule has 0 spiro atoms. The molecule has 0 saturated heterocycles. The number of nitrogens with zero attached hydrogens (tertiary/aromatic N) is 3. The second-order valence-electron chi connectivity index (χ2n) is 9.76. The number of benzene rings is 1. The molecule has 2 fully saturated rings. The van der Waals surface area contributed by atoms with Gasteiger partial charge in [-0.2, -0.15) is 9.97 Å². The number of anilines is 2. The number of fused-ring (bicyclic) bond motifs is 1. The van der Waals surface area contributed by atoms with Crippen LogP contribution in [-0.4, -0.2) is 52.6 Å². The molecule has 5 rings (SSSR count). The molecule has 1 unspecified atom stereocenters. The van der Waals surface area contributed by atoms with Crippen molar-refractivity contribution in [3.8, 4) is 11.9 Å². The maximum absolute atomic E-state index is 13.3. The molecule has 36 heavy (non-hydrogen) atoms. The topological polar surface area (TPSA) is 128 Å². The second kappa shape index (κ2) is 9.51. The van der Waals surface area contributed by atoms with Gasteiger partial charge in [0.15, 0.2) is 0 Å². The number of halogens is 2. The summed E-state index contributed by atoms with van der Waals surface area (Å²) in [5.74, 6) is -4.31. The first-order valence-corrected chi connectivity index (χ1v) is 12.2. The largest absolute Gasteiger partial charge is 0.481 e. The van der Waals surface area contributed by atoms with Crippen molar-refractivity contribution < 1.29 is 33.0 Å². The summed E-state index contributed by atoms with van der Waals surface area (Å²) in [4.78, 5) is 33.9. The number of carbonyl (C=O) groups is 2. The van der Waals surface area contributed by atoms with Crippen molar-refractivity contribution in [2.24, 2.45) is 11.8 Å². The molecule has 2 saturated carbocycles. The fraction of sp³-hybridized carbons (Fsp3) is 0.520. The molecule has 9 nitrogen and oxygen atoms in total. The molecule has 11 heteroatoms. The van der Waals surface area contributed by atoms with Gasteiger partial charge in [0.05, 0.1) is 12.5 Å². The minimum Gasteiger partial charge on any atom is -0.481 e. The molecule has 1 aromatic carbocycles. The van der Waals surface area contributed by atoms with Gasteiger partial charge in [0.25, 0.3) is 11.8 Å². The number of amides is 1. The average molecular weight is 503 g/mol. The van der Waals surface area contributed by atoms with Crippen LogP contribution in [0.4, 0.5) is 20.3 Å². The molecule has 1 amide bonds. The summed E-state index contributed by atoms with van der Waals surface area (Å²) in [6.07, 6.45) is 3.66. The fourth-order valence-corrected chi connectivity index (χ4v) is 5.02. The monoisotopic (exact) mass is 502 g/mol. The molecular formula is C25H28F2N4O5. The summed E-state index contributed by atoms with van der Waals surface area (Å²) >= 11 is 0. The molecule has 3 N–H and O–H groups in total. The van der Waals surface area contributed by atoms with Gasteiger partial charge < -0.3 is 25.2 Å². The summed E-state index contributed by atoms with van der Waals surface area (Å²) in [6, 6.07) is 7.57. The van der Waals surface area contributed by atoms with E-state index >= 15 is 0 Å². The molecular weight excluding hydrogens is 474 g/mol. The van der Waals surface area contributed by atoms with Gasteiger partial charge in [0.2, 0.25) is 5.88 Å². The maximum Gasteiger partial charge on any atom is 0.321 e. The zero-order valence-electron chi connectivity index (χ0n) is 19.7. The molecule has 1 aliphatic heterocycles. The van der Waals surface area contributed by atoms with Gasteiger partial charge in [-0.1, -0.05) is 12.1 Å². The van der Waals surface area contributed by atoms with Crippen LogP contribution in [0.1, 0.15) is 60.4 Å². The Balaban J connectivity index is 1.26. The van der Waals surface area contributed by atoms with E-state index in [1.54, 1.807) is 4.90 Å². The number of carbonyl (C=O) groups excluding carboxylic acids is 1. The smallest absolute Gasteiger partial charge is 0.321 e. The van der Waals surface area contributed by atoms with Gasteiger partial charge in [-0.15, -0.1) is 0 Å². The van der Waals surface area contributed by atoms with E-state index in [1.165, 1.54) is 0 Å². The van der Waals surface area contributed by atoms with Crippen LogP contribution < -0.4 is 20.1 Å². The lowest BCUT2D eigenvalue weighted by atomic mass is 9.77. The number of aromatic nitrogens is 2. The van der Waals surface area contributed by atoms with Crippen molar-refractivity contribution in [3.05, 3.63) is 35.4 Å². The van der Waals surface area contributed by atoms with E-state index in [4.69, 9.17) is 20.3 Å². The standard InChI is InChI=1S/C25H28F2N4O5/c26-25(27)12-17(25)13-36-24-29-21(28)20-22(30-24)35-10-9-31(23(20)34)18-7-5-16(6-8-18)15-3-1-14(2-4-15)11-19(32)33/h5-8,14-15,17H,1-4,9-13H2,(H,32,33)(H2,28,29,30). The van der Waals surface area contributed by atoms with Gasteiger partial charge in [0.1, 0.15) is 24.6 Å². The maximum atomic E-state index is 13.3. The number of hydrogen-bond donors (Lipinski definition) is 2. The third-order valence-electron chi connectivity index (χ3n) is 7.25. The first-order valence-electron chi connectivity index (χ1n) is 12.2. The predicted octanol–water partition coefficient (Wildman–Crippen LogP) is 3.88. The molecule has 1 aromatic heterocycles. The number of alkyl halides is 2. The highest BCUT2D eigenvalue weighted by Crippen LogP contribution is 2.48. The first kappa shape index (κ1) is 24.2. The third-order valence-corrected chi connectivity index (χ3v) is 7.25. The van der Waals surface area contributed by atoms with Gasteiger partial charge in [-0.3, -0.25) is 9.59 Å². The van der Waals surface area contributed by atoms with Crippen LogP contribution in [-0.2, 0) is 4.79 Å². The minimum absolute atomic E-state index is 0.0115. The van der Waals surface area contributed by atoms with E-state index in [1.807, 2.05) is 24.3 Å². The lowest BCUT2D eigenvalue weighted by molar-refractivity contribution is -0.138. The van der Waals surface area contributed by atoms with Crippen molar-refractivity contribution in [2.75, 3.05) is 30.4 Å². The Morgan fingerprint density at radius 3 is 2.53 bits per heavy atom. The van der Waals surface area contributed by atoms with Crippen LogP contribution >= 0.6 is 0 Å². The van der Waals surface area contributed by atoms with Gasteiger partial charge in [-0.05, 0) is 55.2 Å². The van der Waals surface area contributed by atoms with Crippen LogP contribution in [0.5, 0.6) is 11.9 Å². The van der Waals surface area contributed by atoms with E-state index in [0.29, 0.717) is 11.6 Å². The highest BCUT2D eigenvalue weighted by atomic mass is 19.3. The lowest BCUT2D eigenvalue weighted by Gasteiger charge is -2.28. The molecule has 2 heterocycles. The Kier molecular flexibility index (Phi) is 6.40. The summed E-state index contributed by atoms with van der Waals surface area (Å²) in [6.45, 7) is 0.183. The molecule has 0 radical (unpaired) electrons. The minimum atomic E-state index is -2.72. The molecule has 3 aliphatic rings. The molecule has 1 atom stereocenters. The van der Waals surface area contributed by atoms with Crippen molar-refractivity contribution in [1.82, 2.24) is 9.97 Å². The first-order chi connectivity index (χ1) is 17.2. The lowest BCUT2D eigenvalue weighted by Crippen LogP contribution is -2.32. The van der Waals surface area contributed by atoms with E-state index in [9.17, 15) is 18.4 Å². The SMILES string of the molecule is Nc1nc(OCC2CC2(F)F)nc2c1C(=O)N(c1ccc(C3CCC(CC(=O)O)CC3)cc1)CCO2. The third kappa shape index (κ3) is 5.05. The summed E-state index contributed by atoms with van der Waals surface area (Å²) in [7, 11) is 0. The highest BCUT2D eigenvalue weighted by molar-refractivity contribution is 6.10. The van der Waals surface area contributed by atoms with Gasteiger partial charge >= 0.3 is 12.0 Å². The summed E-state index contributed by atoms with van der Waals surface area (Å²) in [5, 5.41) is 9.01. The zero-order chi connectivity index (χ0) is 25.4. The number of hydrogen-bond acceptors (Lipinski definition) is 7. The number of rotatable bonds is 7. The van der Waals surface area contributed by atoms with Crippen molar-refractivity contribution >= 4 is 23.4 Å². The average Bonchev–Trinajstić information content (AvgIpc) is 3.50. The Bertz CT molecular complexity index is 1150. The molecule has 2 aromatic rings. The van der Waals surface area contributed by atoms with Crippen molar-refractivity contribution in [3.63, 3.8) is 0 Å². The second-order valence-corrected chi connectivity index (χ2v) is 9.76. The molecule has 2 aliphatic carbocycles. The number of nitrogen functional groups attached to an aromatic ring is 1. The zero-order valence-corrected chi connectivity index (χ0v) is 19.7. The normalized spacial score (nSPS) is 24.9. The Morgan fingerprint density at radius 1 is 1.19 bits per heavy atom. The number of carboxylic acid groups (broad SMARTS) is 1. The number of nitrogens with two attached hydrogens (primary N) is 1. The molecule has 0 bridgehead atoms. The Labute approximate surface area is 206 Å². The highest BCUT2D eigenvalue weighted by Gasteiger charge is 2.57. The van der Waals surface area contributed by atoms with Crippen molar-refractivity contribution in [2.45, 2.75) is 50.4 Å². The summed E-state index contributed by atoms with van der Waals surface area (Å²) < 4.78 is 37.1. The summed E-state index contributed by atoms with van der Waals surface area (Å²) in [5.41, 5.74) is 7.89.